The second-order valence-electron chi connectivity index (χ2n) is 6.88. The van der Waals surface area contributed by atoms with E-state index in [0.29, 0.717) is 31.9 Å². The monoisotopic (exact) mass is 346 g/mol. The van der Waals surface area contributed by atoms with Crippen LogP contribution in [-0.4, -0.2) is 55.5 Å². The smallest absolute Gasteiger partial charge is 0.227 e. The Balaban J connectivity index is 1.69. The summed E-state index contributed by atoms with van der Waals surface area (Å²) in [4.78, 5) is 19.1. The number of carbonyl (C=O) groups excluding carboxylic acids is 1. The van der Waals surface area contributed by atoms with Crippen molar-refractivity contribution in [3.8, 4) is 0 Å². The van der Waals surface area contributed by atoms with Gasteiger partial charge in [0, 0.05) is 30.8 Å². The van der Waals surface area contributed by atoms with Crippen molar-refractivity contribution < 1.29 is 9.53 Å². The first-order chi connectivity index (χ1) is 11.9. The number of nitrogens with one attached hydrogen (secondary N) is 1. The highest BCUT2D eigenvalue weighted by Gasteiger charge is 2.28. The summed E-state index contributed by atoms with van der Waals surface area (Å²) < 4.78 is 7.62. The molecule has 25 heavy (non-hydrogen) atoms. The van der Waals surface area contributed by atoms with Gasteiger partial charge in [0.2, 0.25) is 5.91 Å². The number of aromatic nitrogens is 5. The number of hydrogen-bond acceptors (Lipinski definition) is 5. The van der Waals surface area contributed by atoms with Gasteiger partial charge in [0.1, 0.15) is 6.10 Å². The van der Waals surface area contributed by atoms with Crippen molar-refractivity contribution in [2.24, 2.45) is 7.05 Å². The Kier molecular flexibility index (Phi) is 4.89. The molecule has 0 aromatic carbocycles. The number of rotatable bonds is 4. The average Bonchev–Trinajstić information content (AvgIpc) is 3.16. The molecule has 0 saturated carbocycles. The zero-order chi connectivity index (χ0) is 18.1. The molecule has 1 saturated heterocycles. The second-order valence-corrected chi connectivity index (χ2v) is 6.88. The normalized spacial score (nSPS) is 18.2. The molecule has 1 amide bonds. The van der Waals surface area contributed by atoms with Gasteiger partial charge in [-0.25, -0.2) is 4.98 Å². The molecule has 136 valence electrons. The third-order valence-electron chi connectivity index (χ3n) is 4.75. The Labute approximate surface area is 147 Å². The highest BCUT2D eigenvalue weighted by atomic mass is 16.5. The first kappa shape index (κ1) is 17.6. The summed E-state index contributed by atoms with van der Waals surface area (Å²) in [6.45, 7) is 9.61. The van der Waals surface area contributed by atoms with E-state index in [0.717, 1.165) is 22.8 Å². The van der Waals surface area contributed by atoms with E-state index in [4.69, 9.17) is 4.74 Å². The summed E-state index contributed by atoms with van der Waals surface area (Å²) in [6, 6.07) is 0. The van der Waals surface area contributed by atoms with Crippen molar-refractivity contribution >= 4 is 5.91 Å². The number of hydrogen-bond donors (Lipinski definition) is 1. The van der Waals surface area contributed by atoms with Gasteiger partial charge < -0.3 is 9.64 Å². The third-order valence-corrected chi connectivity index (χ3v) is 4.75. The first-order valence-corrected chi connectivity index (χ1v) is 8.67. The second kappa shape index (κ2) is 6.95. The van der Waals surface area contributed by atoms with Crippen molar-refractivity contribution in [1.82, 2.24) is 29.9 Å². The molecule has 0 bridgehead atoms. The SMILES string of the molecule is Cc1nn(C)c(C)c1CC(=O)N1CCOC(c2nc(C(C)C)n[nH]2)C1. The van der Waals surface area contributed by atoms with Crippen LogP contribution in [0.3, 0.4) is 0 Å². The van der Waals surface area contributed by atoms with Crippen molar-refractivity contribution in [2.45, 2.75) is 46.1 Å². The lowest BCUT2D eigenvalue weighted by molar-refractivity contribution is -0.138. The first-order valence-electron chi connectivity index (χ1n) is 8.67. The van der Waals surface area contributed by atoms with E-state index in [1.165, 1.54) is 0 Å². The Bertz CT molecular complexity index is 763. The molecule has 8 heteroatoms. The summed E-state index contributed by atoms with van der Waals surface area (Å²) in [7, 11) is 1.90. The number of H-pyrrole nitrogens is 1. The predicted molar refractivity (Wildman–Crippen MR) is 92.1 cm³/mol. The van der Waals surface area contributed by atoms with Crippen molar-refractivity contribution in [1.29, 1.82) is 0 Å². The molecule has 3 rings (SSSR count). The van der Waals surface area contributed by atoms with Crippen molar-refractivity contribution in [3.05, 3.63) is 28.6 Å². The standard InChI is InChI=1S/C17H26N6O2/c1-10(2)16-18-17(20-19-16)14-9-23(6-7-25-14)15(24)8-13-11(3)21-22(5)12(13)4/h10,14H,6-9H2,1-5H3,(H,18,19,20). The van der Waals surface area contributed by atoms with Gasteiger partial charge in [-0.3, -0.25) is 14.6 Å². The largest absolute Gasteiger partial charge is 0.367 e. The van der Waals surface area contributed by atoms with Crippen LogP contribution in [0.5, 0.6) is 0 Å². The van der Waals surface area contributed by atoms with Crippen LogP contribution < -0.4 is 0 Å². The maximum Gasteiger partial charge on any atom is 0.227 e. The molecule has 8 nitrogen and oxygen atoms in total. The molecule has 1 unspecified atom stereocenters. The van der Waals surface area contributed by atoms with Gasteiger partial charge in [0.15, 0.2) is 11.6 Å². The Morgan fingerprint density at radius 2 is 2.16 bits per heavy atom. The fourth-order valence-corrected chi connectivity index (χ4v) is 3.07. The van der Waals surface area contributed by atoms with E-state index in [1.807, 2.05) is 44.3 Å². The molecule has 0 spiro atoms. The molecule has 1 atom stereocenters. The molecule has 1 aliphatic rings. The van der Waals surface area contributed by atoms with Gasteiger partial charge in [-0.2, -0.15) is 10.2 Å². The van der Waals surface area contributed by atoms with E-state index >= 15 is 0 Å². The zero-order valence-corrected chi connectivity index (χ0v) is 15.5. The third kappa shape index (κ3) is 3.58. The lowest BCUT2D eigenvalue weighted by Gasteiger charge is -2.32. The molecular formula is C17H26N6O2. The maximum absolute atomic E-state index is 12.8. The van der Waals surface area contributed by atoms with Gasteiger partial charge in [-0.1, -0.05) is 13.8 Å². The number of ether oxygens (including phenoxy) is 1. The van der Waals surface area contributed by atoms with Gasteiger partial charge in [0.25, 0.3) is 0 Å². The Hall–Kier alpha value is -2.22. The van der Waals surface area contributed by atoms with Crippen LogP contribution in [0.25, 0.3) is 0 Å². The molecule has 1 N–H and O–H groups in total. The fraction of sp³-hybridized carbons (Fsp3) is 0.647. The highest BCUT2D eigenvalue weighted by Crippen LogP contribution is 2.22. The molecule has 2 aromatic heterocycles. The van der Waals surface area contributed by atoms with Crippen LogP contribution in [0, 0.1) is 13.8 Å². The van der Waals surface area contributed by atoms with Crippen LogP contribution in [-0.2, 0) is 23.0 Å². The number of aromatic amines is 1. The molecule has 3 heterocycles. The summed E-state index contributed by atoms with van der Waals surface area (Å²) in [5.74, 6) is 1.80. The quantitative estimate of drug-likeness (QED) is 0.904. The number of nitrogens with zero attached hydrogens (tertiary/aromatic N) is 5. The molecule has 1 aliphatic heterocycles. The summed E-state index contributed by atoms with van der Waals surface area (Å²) in [5.41, 5.74) is 2.96. The van der Waals surface area contributed by atoms with Gasteiger partial charge >= 0.3 is 0 Å². The average molecular weight is 346 g/mol. The Morgan fingerprint density at radius 3 is 2.76 bits per heavy atom. The van der Waals surface area contributed by atoms with Crippen LogP contribution in [0.15, 0.2) is 0 Å². The zero-order valence-electron chi connectivity index (χ0n) is 15.5. The van der Waals surface area contributed by atoms with Crippen LogP contribution >= 0.6 is 0 Å². The topological polar surface area (TPSA) is 88.9 Å². The Morgan fingerprint density at radius 1 is 1.40 bits per heavy atom. The van der Waals surface area contributed by atoms with Gasteiger partial charge in [-0.15, -0.1) is 0 Å². The number of aryl methyl sites for hydroxylation is 2. The number of carbonyl (C=O) groups is 1. The molecule has 2 aromatic rings. The van der Waals surface area contributed by atoms with Crippen LogP contribution in [0.1, 0.15) is 54.5 Å². The number of amides is 1. The minimum absolute atomic E-state index is 0.0936. The van der Waals surface area contributed by atoms with Gasteiger partial charge in [0.05, 0.1) is 25.3 Å². The molecule has 0 radical (unpaired) electrons. The molecule has 1 fully saturated rings. The van der Waals surface area contributed by atoms with Crippen molar-refractivity contribution in [2.75, 3.05) is 19.7 Å². The van der Waals surface area contributed by atoms with E-state index in [1.54, 1.807) is 0 Å². The highest BCUT2D eigenvalue weighted by molar-refractivity contribution is 5.79. The minimum atomic E-state index is -0.256. The van der Waals surface area contributed by atoms with E-state index in [9.17, 15) is 4.79 Å². The molecular weight excluding hydrogens is 320 g/mol. The lowest BCUT2D eigenvalue weighted by Crippen LogP contribution is -2.43. The number of morpholine rings is 1. The predicted octanol–water partition coefficient (Wildman–Crippen LogP) is 1.42. The summed E-state index contributed by atoms with van der Waals surface area (Å²) >= 11 is 0. The van der Waals surface area contributed by atoms with Crippen molar-refractivity contribution in [3.63, 3.8) is 0 Å². The molecule has 0 aliphatic carbocycles. The van der Waals surface area contributed by atoms with E-state index in [2.05, 4.69) is 20.3 Å². The lowest BCUT2D eigenvalue weighted by atomic mass is 10.1. The van der Waals surface area contributed by atoms with Gasteiger partial charge in [-0.05, 0) is 13.8 Å². The van der Waals surface area contributed by atoms with Crippen LogP contribution in [0.4, 0.5) is 0 Å². The van der Waals surface area contributed by atoms with E-state index in [-0.39, 0.29) is 17.9 Å². The minimum Gasteiger partial charge on any atom is -0.367 e. The maximum atomic E-state index is 12.8. The fourth-order valence-electron chi connectivity index (χ4n) is 3.07. The summed E-state index contributed by atoms with van der Waals surface area (Å²) in [6.07, 6.45) is 0.111. The van der Waals surface area contributed by atoms with Crippen LogP contribution in [0.2, 0.25) is 0 Å². The summed E-state index contributed by atoms with van der Waals surface area (Å²) in [5, 5.41) is 11.6. The van der Waals surface area contributed by atoms with E-state index < -0.39 is 0 Å².